The van der Waals surface area contributed by atoms with Gasteiger partial charge in [-0.25, -0.2) is 9.97 Å². The third-order valence-corrected chi connectivity index (χ3v) is 3.43. The quantitative estimate of drug-likeness (QED) is 0.623. The fourth-order valence-corrected chi connectivity index (χ4v) is 2.34. The Bertz CT molecular complexity index is 939. The average Bonchev–Trinajstić information content (AvgIpc) is 2.63. The second kappa shape index (κ2) is 5.81. The molecule has 0 aliphatic heterocycles. The van der Waals surface area contributed by atoms with Gasteiger partial charge in [0.1, 0.15) is 5.52 Å². The monoisotopic (exact) mass is 299 g/mol. The Morgan fingerprint density at radius 1 is 0.739 bits per heavy atom. The van der Waals surface area contributed by atoms with E-state index in [0.717, 1.165) is 22.3 Å². The van der Waals surface area contributed by atoms with Crippen LogP contribution >= 0.6 is 0 Å². The van der Waals surface area contributed by atoms with Crippen molar-refractivity contribution >= 4 is 22.5 Å². The molecule has 0 radical (unpaired) electrons. The molecule has 0 fully saturated rings. The van der Waals surface area contributed by atoms with E-state index in [1.165, 1.54) is 0 Å². The molecule has 4 rings (SSSR count). The van der Waals surface area contributed by atoms with Crippen molar-refractivity contribution in [1.29, 1.82) is 0 Å². The van der Waals surface area contributed by atoms with Crippen molar-refractivity contribution in [2.45, 2.75) is 0 Å². The molecule has 1 aromatic carbocycles. The Labute approximate surface area is 133 Å². The maximum atomic E-state index is 4.66. The van der Waals surface area contributed by atoms with Crippen molar-refractivity contribution in [3.8, 4) is 11.4 Å². The maximum absolute atomic E-state index is 4.66. The normalized spacial score (nSPS) is 10.6. The van der Waals surface area contributed by atoms with E-state index in [2.05, 4.69) is 25.3 Å². The van der Waals surface area contributed by atoms with Crippen LogP contribution in [-0.4, -0.2) is 19.9 Å². The average molecular weight is 299 g/mol. The predicted octanol–water partition coefficient (Wildman–Crippen LogP) is 3.83. The van der Waals surface area contributed by atoms with Crippen LogP contribution in [-0.2, 0) is 0 Å². The van der Waals surface area contributed by atoms with Gasteiger partial charge in [-0.2, -0.15) is 0 Å². The van der Waals surface area contributed by atoms with Crippen molar-refractivity contribution in [2.75, 3.05) is 5.32 Å². The SMILES string of the molecule is c1ccc(-c2nc(Nc3ccncc3)c3ncccc3n2)cc1. The summed E-state index contributed by atoms with van der Waals surface area (Å²) in [4.78, 5) is 17.7. The first kappa shape index (κ1) is 13.3. The fraction of sp³-hybridized carbons (Fsp3) is 0. The molecule has 0 atom stereocenters. The summed E-state index contributed by atoms with van der Waals surface area (Å²) in [6.07, 6.45) is 5.21. The summed E-state index contributed by atoms with van der Waals surface area (Å²) in [6.45, 7) is 0. The number of rotatable bonds is 3. The van der Waals surface area contributed by atoms with Gasteiger partial charge in [0, 0.05) is 29.8 Å². The largest absolute Gasteiger partial charge is 0.338 e. The number of anilines is 2. The van der Waals surface area contributed by atoms with Crippen LogP contribution in [0, 0.1) is 0 Å². The number of nitrogens with zero attached hydrogens (tertiary/aromatic N) is 4. The van der Waals surface area contributed by atoms with Gasteiger partial charge in [-0.05, 0) is 24.3 Å². The number of hydrogen-bond donors (Lipinski definition) is 1. The minimum atomic E-state index is 0.669. The Hall–Kier alpha value is -3.34. The predicted molar refractivity (Wildman–Crippen MR) is 90.3 cm³/mol. The molecule has 5 heteroatoms. The van der Waals surface area contributed by atoms with E-state index in [4.69, 9.17) is 0 Å². The van der Waals surface area contributed by atoms with Gasteiger partial charge >= 0.3 is 0 Å². The molecule has 23 heavy (non-hydrogen) atoms. The first-order valence-corrected chi connectivity index (χ1v) is 7.25. The van der Waals surface area contributed by atoms with Crippen LogP contribution in [0.1, 0.15) is 0 Å². The number of hydrogen-bond acceptors (Lipinski definition) is 5. The van der Waals surface area contributed by atoms with Gasteiger partial charge in [0.2, 0.25) is 0 Å². The first-order chi connectivity index (χ1) is 11.4. The molecule has 3 heterocycles. The van der Waals surface area contributed by atoms with Crippen LogP contribution in [0.4, 0.5) is 11.5 Å². The molecule has 5 nitrogen and oxygen atoms in total. The Morgan fingerprint density at radius 2 is 1.57 bits per heavy atom. The molecule has 0 spiro atoms. The lowest BCUT2D eigenvalue weighted by atomic mass is 10.2. The Morgan fingerprint density at radius 3 is 2.39 bits per heavy atom. The topological polar surface area (TPSA) is 63.6 Å². The highest BCUT2D eigenvalue weighted by molar-refractivity contribution is 5.88. The highest BCUT2D eigenvalue weighted by Gasteiger charge is 2.10. The number of pyridine rings is 2. The van der Waals surface area contributed by atoms with Crippen molar-refractivity contribution < 1.29 is 0 Å². The van der Waals surface area contributed by atoms with E-state index in [-0.39, 0.29) is 0 Å². The number of fused-ring (bicyclic) bond motifs is 1. The molecule has 0 saturated heterocycles. The van der Waals surface area contributed by atoms with Gasteiger partial charge in [0.15, 0.2) is 11.6 Å². The highest BCUT2D eigenvalue weighted by atomic mass is 15.1. The lowest BCUT2D eigenvalue weighted by Gasteiger charge is -2.10. The fourth-order valence-electron chi connectivity index (χ4n) is 2.34. The van der Waals surface area contributed by atoms with Crippen molar-refractivity contribution in [2.24, 2.45) is 0 Å². The van der Waals surface area contributed by atoms with Gasteiger partial charge in [-0.15, -0.1) is 0 Å². The standard InChI is InChI=1S/C18H13N5/c1-2-5-13(6-3-1)17-22-15-7-4-10-20-16(15)18(23-17)21-14-8-11-19-12-9-14/h1-12H,(H,19,21,22,23). The minimum Gasteiger partial charge on any atom is -0.338 e. The highest BCUT2D eigenvalue weighted by Crippen LogP contribution is 2.25. The van der Waals surface area contributed by atoms with Gasteiger partial charge in [-0.1, -0.05) is 30.3 Å². The molecule has 0 saturated carbocycles. The summed E-state index contributed by atoms with van der Waals surface area (Å²) in [5, 5.41) is 3.30. The molecule has 0 aliphatic rings. The molecule has 0 aliphatic carbocycles. The van der Waals surface area contributed by atoms with E-state index in [1.807, 2.05) is 54.6 Å². The molecule has 0 amide bonds. The van der Waals surface area contributed by atoms with E-state index in [1.54, 1.807) is 18.6 Å². The molecular weight excluding hydrogens is 286 g/mol. The van der Waals surface area contributed by atoms with E-state index >= 15 is 0 Å². The van der Waals surface area contributed by atoms with Gasteiger partial charge in [0.05, 0.1) is 5.52 Å². The Balaban J connectivity index is 1.87. The van der Waals surface area contributed by atoms with Crippen molar-refractivity contribution in [1.82, 2.24) is 19.9 Å². The number of nitrogens with one attached hydrogen (secondary N) is 1. The summed E-state index contributed by atoms with van der Waals surface area (Å²) in [5.74, 6) is 1.35. The van der Waals surface area contributed by atoms with E-state index < -0.39 is 0 Å². The molecule has 0 unspecified atom stereocenters. The van der Waals surface area contributed by atoms with Gasteiger partial charge < -0.3 is 5.32 Å². The van der Waals surface area contributed by atoms with E-state index in [9.17, 15) is 0 Å². The van der Waals surface area contributed by atoms with Crippen LogP contribution in [0.2, 0.25) is 0 Å². The lowest BCUT2D eigenvalue weighted by molar-refractivity contribution is 1.20. The second-order valence-corrected chi connectivity index (χ2v) is 4.99. The van der Waals surface area contributed by atoms with Crippen LogP contribution in [0.25, 0.3) is 22.4 Å². The summed E-state index contributed by atoms with van der Waals surface area (Å²) in [5.41, 5.74) is 3.42. The third-order valence-electron chi connectivity index (χ3n) is 3.43. The minimum absolute atomic E-state index is 0.669. The van der Waals surface area contributed by atoms with Crippen LogP contribution in [0.5, 0.6) is 0 Å². The molecule has 0 bridgehead atoms. The maximum Gasteiger partial charge on any atom is 0.162 e. The van der Waals surface area contributed by atoms with Crippen LogP contribution in [0.15, 0.2) is 73.2 Å². The molecule has 3 aromatic heterocycles. The smallest absolute Gasteiger partial charge is 0.162 e. The molecule has 4 aromatic rings. The Kier molecular flexibility index (Phi) is 3.37. The second-order valence-electron chi connectivity index (χ2n) is 4.99. The number of benzene rings is 1. The zero-order valence-electron chi connectivity index (χ0n) is 12.2. The zero-order chi connectivity index (χ0) is 15.5. The summed E-state index contributed by atoms with van der Waals surface area (Å²) in [6, 6.07) is 17.5. The first-order valence-electron chi connectivity index (χ1n) is 7.25. The zero-order valence-corrected chi connectivity index (χ0v) is 12.2. The summed E-state index contributed by atoms with van der Waals surface area (Å²) < 4.78 is 0. The van der Waals surface area contributed by atoms with Crippen molar-refractivity contribution in [3.63, 3.8) is 0 Å². The molecule has 110 valence electrons. The van der Waals surface area contributed by atoms with Gasteiger partial charge in [0.25, 0.3) is 0 Å². The summed E-state index contributed by atoms with van der Waals surface area (Å²) >= 11 is 0. The molecule has 1 N–H and O–H groups in total. The number of aromatic nitrogens is 4. The van der Waals surface area contributed by atoms with Crippen LogP contribution < -0.4 is 5.32 Å². The van der Waals surface area contributed by atoms with E-state index in [0.29, 0.717) is 11.6 Å². The molecular formula is C18H13N5. The van der Waals surface area contributed by atoms with Crippen LogP contribution in [0.3, 0.4) is 0 Å². The third kappa shape index (κ3) is 2.72. The van der Waals surface area contributed by atoms with Crippen molar-refractivity contribution in [3.05, 3.63) is 73.2 Å². The lowest BCUT2D eigenvalue weighted by Crippen LogP contribution is -2.00. The summed E-state index contributed by atoms with van der Waals surface area (Å²) in [7, 11) is 0. The van der Waals surface area contributed by atoms with Gasteiger partial charge in [-0.3, -0.25) is 9.97 Å².